The molecule has 0 radical (unpaired) electrons. The molecule has 1 amide bonds. The molecule has 7 heteroatoms. The molecule has 0 bridgehead atoms. The highest BCUT2D eigenvalue weighted by atomic mass is 16.7. The number of pyridine rings is 1. The molecule has 7 nitrogen and oxygen atoms in total. The van der Waals surface area contributed by atoms with E-state index < -0.39 is 5.60 Å². The molecule has 0 saturated carbocycles. The minimum absolute atomic E-state index is 0.104. The van der Waals surface area contributed by atoms with Gasteiger partial charge in [0.2, 0.25) is 5.60 Å². The third-order valence-corrected chi connectivity index (χ3v) is 5.56. The Kier molecular flexibility index (Phi) is 6.35. The van der Waals surface area contributed by atoms with Gasteiger partial charge in [-0.1, -0.05) is 38.1 Å². The number of carbonyl (C=O) groups excluding carboxylic acids is 2. The molecule has 1 N–H and O–H groups in total. The largest absolute Gasteiger partial charge is 0.461 e. The smallest absolute Gasteiger partial charge is 0.302 e. The van der Waals surface area contributed by atoms with Gasteiger partial charge in [0.05, 0.1) is 12.2 Å². The second-order valence-electron chi connectivity index (χ2n) is 7.87. The Balaban J connectivity index is 1.76. The zero-order valence-electron chi connectivity index (χ0n) is 17.5. The standard InChI is InChI=1S/C22H29N3O4/c1-5-17(28-15(4)26)13-24-21(27)22(14(2)3)12-19(25-29-22)20-18-9-7-6-8-16(18)10-11-23-20/h7,9-11,14,17H,5-6,8,12-13H2,1-4H3,(H,24,27)/t17-,22?/m0/s1. The molecule has 1 aliphatic heterocycles. The molecule has 0 fully saturated rings. The van der Waals surface area contributed by atoms with E-state index in [4.69, 9.17) is 9.57 Å². The van der Waals surface area contributed by atoms with Crippen molar-refractivity contribution in [2.24, 2.45) is 11.1 Å². The summed E-state index contributed by atoms with van der Waals surface area (Å²) in [7, 11) is 0. The maximum Gasteiger partial charge on any atom is 0.302 e. The first-order valence-corrected chi connectivity index (χ1v) is 10.2. The van der Waals surface area contributed by atoms with Crippen LogP contribution in [-0.4, -0.2) is 40.8 Å². The Morgan fingerprint density at radius 1 is 1.38 bits per heavy atom. The number of rotatable bonds is 7. The van der Waals surface area contributed by atoms with E-state index in [2.05, 4.69) is 27.6 Å². The number of allylic oxidation sites excluding steroid dienone is 1. The van der Waals surface area contributed by atoms with Crippen LogP contribution in [0, 0.1) is 5.92 Å². The normalized spacial score (nSPS) is 21.2. The summed E-state index contributed by atoms with van der Waals surface area (Å²) in [5.74, 6) is -0.717. The minimum Gasteiger partial charge on any atom is -0.461 e. The molecule has 1 unspecified atom stereocenters. The van der Waals surface area contributed by atoms with Crippen molar-refractivity contribution in [3.8, 4) is 0 Å². The maximum absolute atomic E-state index is 13.1. The number of hydrogen-bond acceptors (Lipinski definition) is 6. The van der Waals surface area contributed by atoms with Gasteiger partial charge >= 0.3 is 5.97 Å². The van der Waals surface area contributed by atoms with Gasteiger partial charge in [-0.05, 0) is 30.9 Å². The number of nitrogens with zero attached hydrogens (tertiary/aromatic N) is 2. The van der Waals surface area contributed by atoms with Crippen LogP contribution in [0.15, 0.2) is 23.5 Å². The highest BCUT2D eigenvalue weighted by Crippen LogP contribution is 2.35. The molecule has 0 saturated heterocycles. The number of nitrogens with one attached hydrogen (secondary N) is 1. The van der Waals surface area contributed by atoms with Gasteiger partial charge in [-0.25, -0.2) is 0 Å². The first kappa shape index (κ1) is 21.0. The Hall–Kier alpha value is -2.70. The molecule has 0 spiro atoms. The van der Waals surface area contributed by atoms with E-state index in [1.807, 2.05) is 26.8 Å². The molecule has 2 aliphatic rings. The zero-order chi connectivity index (χ0) is 21.0. The van der Waals surface area contributed by atoms with E-state index in [1.165, 1.54) is 12.5 Å². The summed E-state index contributed by atoms with van der Waals surface area (Å²) in [6.45, 7) is 7.39. The van der Waals surface area contributed by atoms with E-state index in [0.29, 0.717) is 18.6 Å². The molecule has 29 heavy (non-hydrogen) atoms. The fourth-order valence-corrected chi connectivity index (χ4v) is 3.72. The lowest BCUT2D eigenvalue weighted by Gasteiger charge is -2.30. The summed E-state index contributed by atoms with van der Waals surface area (Å²) in [4.78, 5) is 34.6. The van der Waals surface area contributed by atoms with Crippen molar-refractivity contribution in [2.75, 3.05) is 6.54 Å². The molecule has 2 heterocycles. The highest BCUT2D eigenvalue weighted by Gasteiger charge is 2.50. The molecule has 0 aromatic carbocycles. The predicted octanol–water partition coefficient (Wildman–Crippen LogP) is 3.02. The van der Waals surface area contributed by atoms with Crippen LogP contribution in [0.4, 0.5) is 0 Å². The molecular weight excluding hydrogens is 370 g/mol. The van der Waals surface area contributed by atoms with Crippen LogP contribution in [0.1, 0.15) is 63.8 Å². The Labute approximate surface area is 171 Å². The van der Waals surface area contributed by atoms with Crippen molar-refractivity contribution in [1.82, 2.24) is 10.3 Å². The monoisotopic (exact) mass is 399 g/mol. The number of aromatic nitrogens is 1. The lowest BCUT2D eigenvalue weighted by atomic mass is 9.83. The third kappa shape index (κ3) is 4.33. The molecule has 1 aromatic heterocycles. The summed E-state index contributed by atoms with van der Waals surface area (Å²) in [5, 5.41) is 7.17. The van der Waals surface area contributed by atoms with Crippen LogP contribution in [-0.2, 0) is 25.6 Å². The van der Waals surface area contributed by atoms with Crippen molar-refractivity contribution in [3.05, 3.63) is 35.2 Å². The van der Waals surface area contributed by atoms with Crippen molar-refractivity contribution in [3.63, 3.8) is 0 Å². The molecular formula is C22H29N3O4. The van der Waals surface area contributed by atoms with Crippen molar-refractivity contribution in [1.29, 1.82) is 0 Å². The average Bonchev–Trinajstić information content (AvgIpc) is 3.17. The summed E-state index contributed by atoms with van der Waals surface area (Å²) >= 11 is 0. The van der Waals surface area contributed by atoms with E-state index in [1.54, 1.807) is 6.20 Å². The molecule has 3 rings (SSSR count). The van der Waals surface area contributed by atoms with E-state index in [-0.39, 0.29) is 30.4 Å². The first-order chi connectivity index (χ1) is 13.9. The van der Waals surface area contributed by atoms with Crippen molar-refractivity contribution < 1.29 is 19.2 Å². The van der Waals surface area contributed by atoms with Crippen LogP contribution in [0.2, 0.25) is 0 Å². The number of oxime groups is 1. The summed E-state index contributed by atoms with van der Waals surface area (Å²) < 4.78 is 5.22. The van der Waals surface area contributed by atoms with Crippen molar-refractivity contribution >= 4 is 23.7 Å². The van der Waals surface area contributed by atoms with Crippen LogP contribution < -0.4 is 5.32 Å². The van der Waals surface area contributed by atoms with Gasteiger partial charge in [-0.3, -0.25) is 14.6 Å². The van der Waals surface area contributed by atoms with Crippen LogP contribution in [0.25, 0.3) is 6.08 Å². The van der Waals surface area contributed by atoms with Gasteiger partial charge in [-0.15, -0.1) is 0 Å². The average molecular weight is 399 g/mol. The fourth-order valence-electron chi connectivity index (χ4n) is 3.72. The third-order valence-electron chi connectivity index (χ3n) is 5.56. The van der Waals surface area contributed by atoms with Crippen molar-refractivity contribution in [2.45, 2.75) is 65.1 Å². The number of fused-ring (bicyclic) bond motifs is 1. The lowest BCUT2D eigenvalue weighted by molar-refractivity contribution is -0.153. The summed E-state index contributed by atoms with van der Waals surface area (Å²) in [6.07, 6.45) is 8.57. The van der Waals surface area contributed by atoms with Crippen LogP contribution >= 0.6 is 0 Å². The van der Waals surface area contributed by atoms with Gasteiger partial charge in [0, 0.05) is 31.0 Å². The van der Waals surface area contributed by atoms with Gasteiger partial charge in [-0.2, -0.15) is 0 Å². The lowest BCUT2D eigenvalue weighted by Crippen LogP contribution is -2.52. The predicted molar refractivity (Wildman–Crippen MR) is 110 cm³/mol. The molecule has 1 aliphatic carbocycles. The van der Waals surface area contributed by atoms with Gasteiger partial charge < -0.3 is 14.9 Å². The molecule has 1 aromatic rings. The Morgan fingerprint density at radius 3 is 2.86 bits per heavy atom. The van der Waals surface area contributed by atoms with Crippen LogP contribution in [0.3, 0.4) is 0 Å². The quantitative estimate of drug-likeness (QED) is 0.712. The molecule has 156 valence electrons. The van der Waals surface area contributed by atoms with Crippen LogP contribution in [0.5, 0.6) is 0 Å². The summed E-state index contributed by atoms with van der Waals surface area (Å²) in [5.41, 5.74) is 2.65. The Bertz CT molecular complexity index is 846. The zero-order valence-corrected chi connectivity index (χ0v) is 17.5. The first-order valence-electron chi connectivity index (χ1n) is 10.2. The number of carbonyl (C=O) groups is 2. The minimum atomic E-state index is -1.10. The highest BCUT2D eigenvalue weighted by molar-refractivity contribution is 6.06. The number of amides is 1. The molecule has 2 atom stereocenters. The summed E-state index contributed by atoms with van der Waals surface area (Å²) in [6, 6.07) is 2.03. The van der Waals surface area contributed by atoms with E-state index in [0.717, 1.165) is 24.1 Å². The topological polar surface area (TPSA) is 89.9 Å². The number of esters is 1. The number of aryl methyl sites for hydroxylation is 1. The van der Waals surface area contributed by atoms with Gasteiger partial charge in [0.1, 0.15) is 11.8 Å². The maximum atomic E-state index is 13.1. The van der Waals surface area contributed by atoms with Gasteiger partial charge in [0.15, 0.2) is 0 Å². The number of hydrogen-bond donors (Lipinski definition) is 1. The van der Waals surface area contributed by atoms with E-state index >= 15 is 0 Å². The fraction of sp³-hybridized carbons (Fsp3) is 0.545. The SMILES string of the molecule is CC[C@@H](CNC(=O)C1(C(C)C)CC(c2nccc3c2C=CCC3)=NO1)OC(C)=O. The second kappa shape index (κ2) is 8.76. The van der Waals surface area contributed by atoms with Gasteiger partial charge in [0.25, 0.3) is 5.91 Å². The Morgan fingerprint density at radius 2 is 2.17 bits per heavy atom. The van der Waals surface area contributed by atoms with E-state index in [9.17, 15) is 9.59 Å². The number of ether oxygens (including phenoxy) is 1. The second-order valence-corrected chi connectivity index (χ2v) is 7.87.